The first-order valence-corrected chi connectivity index (χ1v) is 5.15. The van der Waals surface area contributed by atoms with Crippen LogP contribution in [0.15, 0.2) is 30.6 Å². The van der Waals surface area contributed by atoms with E-state index in [9.17, 15) is 10.0 Å². The van der Waals surface area contributed by atoms with E-state index in [1.807, 2.05) is 7.05 Å². The fourth-order valence-corrected chi connectivity index (χ4v) is 1.71. The maximum absolute atomic E-state index is 9.34. The first-order chi connectivity index (χ1) is 8.13. The first kappa shape index (κ1) is 11.7. The first-order valence-electron chi connectivity index (χ1n) is 5.15. The Morgan fingerprint density at radius 1 is 1.35 bits per heavy atom. The molecule has 17 heavy (non-hydrogen) atoms. The highest BCUT2D eigenvalue weighted by molar-refractivity contribution is 6.60. The molecule has 2 N–H and O–H groups in total. The molecular formula is C11H13BN2O3. The Kier molecular flexibility index (Phi) is 3.17. The van der Waals surface area contributed by atoms with E-state index in [0.717, 1.165) is 0 Å². The van der Waals surface area contributed by atoms with Gasteiger partial charge in [-0.3, -0.25) is 0 Å². The number of imidazole rings is 1. The van der Waals surface area contributed by atoms with Gasteiger partial charge in [0.25, 0.3) is 0 Å². The predicted octanol–water partition coefficient (Wildman–Crippen LogP) is -0.225. The van der Waals surface area contributed by atoms with Crippen molar-refractivity contribution < 1.29 is 14.8 Å². The number of hydrogen-bond acceptors (Lipinski definition) is 4. The lowest BCUT2D eigenvalue weighted by molar-refractivity contribution is 0.414. The molecule has 0 bridgehead atoms. The Morgan fingerprint density at radius 2 is 2.12 bits per heavy atom. The van der Waals surface area contributed by atoms with Crippen molar-refractivity contribution in [2.45, 2.75) is 0 Å². The lowest BCUT2D eigenvalue weighted by Crippen LogP contribution is -2.32. The molecule has 1 heterocycles. The quantitative estimate of drug-likeness (QED) is 0.717. The van der Waals surface area contributed by atoms with Crippen molar-refractivity contribution in [2.24, 2.45) is 7.05 Å². The van der Waals surface area contributed by atoms with Gasteiger partial charge in [0.05, 0.1) is 7.11 Å². The second-order valence-electron chi connectivity index (χ2n) is 3.69. The second kappa shape index (κ2) is 4.61. The van der Waals surface area contributed by atoms with Crippen LogP contribution in [0.2, 0.25) is 0 Å². The topological polar surface area (TPSA) is 67.5 Å². The zero-order valence-electron chi connectivity index (χ0n) is 9.66. The summed E-state index contributed by atoms with van der Waals surface area (Å²) in [4.78, 5) is 4.19. The summed E-state index contributed by atoms with van der Waals surface area (Å²) >= 11 is 0. The number of methoxy groups -OCH3 is 1. The maximum Gasteiger partial charge on any atom is 0.489 e. The van der Waals surface area contributed by atoms with Crippen LogP contribution in [0.25, 0.3) is 11.4 Å². The number of hydrogen-bond donors (Lipinski definition) is 2. The monoisotopic (exact) mass is 232 g/mol. The number of benzene rings is 1. The van der Waals surface area contributed by atoms with E-state index in [1.165, 1.54) is 0 Å². The van der Waals surface area contributed by atoms with Crippen LogP contribution in [0.5, 0.6) is 5.75 Å². The zero-order valence-corrected chi connectivity index (χ0v) is 9.66. The van der Waals surface area contributed by atoms with Crippen molar-refractivity contribution in [1.29, 1.82) is 0 Å². The molecule has 0 saturated heterocycles. The normalized spacial score (nSPS) is 10.4. The van der Waals surface area contributed by atoms with Gasteiger partial charge in [-0.2, -0.15) is 0 Å². The number of aromatic nitrogens is 2. The molecule has 5 nitrogen and oxygen atoms in total. The van der Waals surface area contributed by atoms with Crippen LogP contribution in [-0.4, -0.2) is 33.8 Å². The molecule has 0 atom stereocenters. The Morgan fingerprint density at radius 3 is 2.65 bits per heavy atom. The highest BCUT2D eigenvalue weighted by atomic mass is 16.5. The van der Waals surface area contributed by atoms with Gasteiger partial charge in [0.15, 0.2) is 0 Å². The van der Waals surface area contributed by atoms with Gasteiger partial charge < -0.3 is 19.4 Å². The van der Waals surface area contributed by atoms with Gasteiger partial charge in [-0.05, 0) is 17.6 Å². The molecular weight excluding hydrogens is 219 g/mol. The molecule has 0 amide bonds. The lowest BCUT2D eigenvalue weighted by Gasteiger charge is -2.10. The molecule has 1 aromatic carbocycles. The van der Waals surface area contributed by atoms with E-state index in [2.05, 4.69) is 4.98 Å². The molecule has 0 aliphatic carbocycles. The van der Waals surface area contributed by atoms with Crippen LogP contribution in [0.4, 0.5) is 0 Å². The third-order valence-electron chi connectivity index (χ3n) is 2.60. The third kappa shape index (κ3) is 2.18. The van der Waals surface area contributed by atoms with E-state index >= 15 is 0 Å². The highest BCUT2D eigenvalue weighted by Crippen LogP contribution is 2.20. The predicted molar refractivity (Wildman–Crippen MR) is 65.0 cm³/mol. The molecule has 0 radical (unpaired) electrons. The van der Waals surface area contributed by atoms with Crippen LogP contribution in [-0.2, 0) is 7.05 Å². The summed E-state index contributed by atoms with van der Waals surface area (Å²) in [7, 11) is 1.87. The number of ether oxygens (including phenoxy) is 1. The summed E-state index contributed by atoms with van der Waals surface area (Å²) in [6, 6.07) is 5.03. The standard InChI is InChI=1S/C11H13BN2O3/c1-14-6-5-13-11(14)9-7-8(17-2)3-4-10(9)12(15)16/h3-7,15-16H,1-2H3. The van der Waals surface area contributed by atoms with Gasteiger partial charge in [-0.1, -0.05) is 6.07 Å². The Hall–Kier alpha value is -1.79. The van der Waals surface area contributed by atoms with Crippen LogP contribution < -0.4 is 10.2 Å². The summed E-state index contributed by atoms with van der Waals surface area (Å²) in [6.45, 7) is 0. The molecule has 0 spiro atoms. The number of rotatable bonds is 3. The van der Waals surface area contributed by atoms with Crippen molar-refractivity contribution in [3.8, 4) is 17.1 Å². The Labute approximate surface area is 99.5 Å². The zero-order chi connectivity index (χ0) is 12.4. The van der Waals surface area contributed by atoms with Gasteiger partial charge in [-0.15, -0.1) is 0 Å². The van der Waals surface area contributed by atoms with Crippen molar-refractivity contribution in [3.63, 3.8) is 0 Å². The summed E-state index contributed by atoms with van der Waals surface area (Å²) in [6.07, 6.45) is 3.45. The lowest BCUT2D eigenvalue weighted by atomic mass is 9.76. The molecule has 1 aromatic heterocycles. The van der Waals surface area contributed by atoms with Crippen molar-refractivity contribution in [1.82, 2.24) is 9.55 Å². The van der Waals surface area contributed by atoms with Crippen LogP contribution in [0.3, 0.4) is 0 Å². The molecule has 0 fully saturated rings. The summed E-state index contributed by atoms with van der Waals surface area (Å²) < 4.78 is 6.93. The van der Waals surface area contributed by atoms with E-state index in [-0.39, 0.29) is 0 Å². The van der Waals surface area contributed by atoms with Crippen molar-refractivity contribution in [2.75, 3.05) is 7.11 Å². The summed E-state index contributed by atoms with van der Waals surface area (Å²) in [5.41, 5.74) is 1.05. The number of aryl methyl sites for hydroxylation is 1. The van der Waals surface area contributed by atoms with E-state index in [4.69, 9.17) is 4.74 Å². The molecule has 0 saturated carbocycles. The van der Waals surface area contributed by atoms with Gasteiger partial charge in [0.2, 0.25) is 0 Å². The second-order valence-corrected chi connectivity index (χ2v) is 3.69. The van der Waals surface area contributed by atoms with Crippen molar-refractivity contribution >= 4 is 12.6 Å². The minimum absolute atomic E-state index is 0.403. The Balaban J connectivity index is 2.61. The highest BCUT2D eigenvalue weighted by Gasteiger charge is 2.19. The van der Waals surface area contributed by atoms with E-state index in [0.29, 0.717) is 22.6 Å². The van der Waals surface area contributed by atoms with Gasteiger partial charge in [-0.25, -0.2) is 4.98 Å². The maximum atomic E-state index is 9.34. The molecule has 0 aliphatic heterocycles. The largest absolute Gasteiger partial charge is 0.497 e. The van der Waals surface area contributed by atoms with E-state index in [1.54, 1.807) is 42.3 Å². The fraction of sp³-hybridized carbons (Fsp3) is 0.182. The third-order valence-corrected chi connectivity index (χ3v) is 2.60. The smallest absolute Gasteiger partial charge is 0.489 e. The van der Waals surface area contributed by atoms with Gasteiger partial charge in [0.1, 0.15) is 11.6 Å². The van der Waals surface area contributed by atoms with Crippen LogP contribution in [0.1, 0.15) is 0 Å². The van der Waals surface area contributed by atoms with Gasteiger partial charge in [0, 0.05) is 25.0 Å². The van der Waals surface area contributed by atoms with Crippen molar-refractivity contribution in [3.05, 3.63) is 30.6 Å². The Bertz CT molecular complexity index is 525. The molecule has 2 aromatic rings. The van der Waals surface area contributed by atoms with Gasteiger partial charge >= 0.3 is 7.12 Å². The van der Waals surface area contributed by atoms with Crippen LogP contribution in [0, 0.1) is 0 Å². The molecule has 0 unspecified atom stereocenters. The van der Waals surface area contributed by atoms with Crippen LogP contribution >= 0.6 is 0 Å². The average molecular weight is 232 g/mol. The molecule has 6 heteroatoms. The minimum Gasteiger partial charge on any atom is -0.497 e. The average Bonchev–Trinajstić information content (AvgIpc) is 2.74. The molecule has 2 rings (SSSR count). The fourth-order valence-electron chi connectivity index (χ4n) is 1.71. The summed E-state index contributed by atoms with van der Waals surface area (Å²) in [5.74, 6) is 1.31. The SMILES string of the molecule is COc1ccc(B(O)O)c(-c2nccn2C)c1. The molecule has 0 aliphatic rings. The summed E-state index contributed by atoms with van der Waals surface area (Å²) in [5, 5.41) is 18.7. The number of nitrogens with zero attached hydrogens (tertiary/aromatic N) is 2. The van der Waals surface area contributed by atoms with E-state index < -0.39 is 7.12 Å². The molecule has 88 valence electrons. The minimum atomic E-state index is -1.53.